The van der Waals surface area contributed by atoms with Gasteiger partial charge in [-0.2, -0.15) is 0 Å². The molecule has 0 aromatic carbocycles. The van der Waals surface area contributed by atoms with Gasteiger partial charge in [0.15, 0.2) is 0 Å². The number of hydrogen-bond acceptors (Lipinski definition) is 9. The van der Waals surface area contributed by atoms with Gasteiger partial charge in [0.05, 0.1) is 20.0 Å². The Balaban J connectivity index is 3.05. The Morgan fingerprint density at radius 2 is 0.762 bits per heavy atom. The summed E-state index contributed by atoms with van der Waals surface area (Å²) in [4.78, 5) is 5.68. The summed E-state index contributed by atoms with van der Waals surface area (Å²) in [6, 6.07) is 0. The first-order chi connectivity index (χ1) is 9.50. The fourth-order valence-corrected chi connectivity index (χ4v) is 2.21. The van der Waals surface area contributed by atoms with Crippen LogP contribution in [0.4, 0.5) is 0 Å². The minimum absolute atomic E-state index is 0.470. The van der Waals surface area contributed by atoms with E-state index in [4.69, 9.17) is 34.4 Å². The van der Waals surface area contributed by atoms with Crippen LogP contribution in [0, 0.1) is 0 Å². The van der Waals surface area contributed by atoms with E-state index < -0.39 is 17.4 Å². The molecule has 126 valence electrons. The van der Waals surface area contributed by atoms with Crippen LogP contribution in [-0.2, 0) is 0 Å². The van der Waals surface area contributed by atoms with Crippen molar-refractivity contribution in [3.8, 4) is 0 Å². The van der Waals surface area contributed by atoms with Crippen LogP contribution >= 0.6 is 0 Å². The molecule has 0 spiro atoms. The molecular weight excluding hydrogens is 270 g/mol. The maximum absolute atomic E-state index is 6.17. The van der Waals surface area contributed by atoms with Crippen molar-refractivity contribution in [2.45, 2.75) is 57.4 Å². The molecule has 0 aromatic heterocycles. The normalized spacial score (nSPS) is 21.0. The number of nitrogens with zero attached hydrogens (tertiary/aromatic N) is 3. The molecule has 9 nitrogen and oxygen atoms in total. The van der Waals surface area contributed by atoms with Crippen molar-refractivity contribution in [1.82, 2.24) is 14.7 Å². The third kappa shape index (κ3) is 4.09. The highest BCUT2D eigenvalue weighted by molar-refractivity contribution is 4.89. The van der Waals surface area contributed by atoms with Gasteiger partial charge in [-0.1, -0.05) is 20.8 Å². The lowest BCUT2D eigenvalue weighted by molar-refractivity contribution is -0.153. The molecule has 1 aliphatic rings. The van der Waals surface area contributed by atoms with Crippen LogP contribution in [0.25, 0.3) is 0 Å². The molecule has 0 radical (unpaired) electrons. The van der Waals surface area contributed by atoms with Gasteiger partial charge >= 0.3 is 0 Å². The van der Waals surface area contributed by atoms with E-state index in [1.165, 1.54) is 0 Å². The molecule has 9 heteroatoms. The summed E-state index contributed by atoms with van der Waals surface area (Å²) in [5.74, 6) is -2.90. The highest BCUT2D eigenvalue weighted by Gasteiger charge is 2.42. The second kappa shape index (κ2) is 6.41. The molecule has 1 heterocycles. The second-order valence-electron chi connectivity index (χ2n) is 6.08. The molecule has 1 saturated heterocycles. The summed E-state index contributed by atoms with van der Waals surface area (Å²) < 4.78 is 0. The van der Waals surface area contributed by atoms with Crippen LogP contribution in [0.3, 0.4) is 0 Å². The van der Waals surface area contributed by atoms with Gasteiger partial charge in [-0.05, 0) is 19.3 Å². The lowest BCUT2D eigenvalue weighted by atomic mass is 10.2. The van der Waals surface area contributed by atoms with E-state index in [0.29, 0.717) is 39.3 Å². The Kier molecular flexibility index (Phi) is 5.70. The Hall–Kier alpha value is -0.360. The molecule has 0 atom stereocenters. The standard InChI is InChI=1S/C12H33N9/c1-4-10(13,14)19-7-20(11(15,16)5-2)9-21(8-19)12(17,18)6-3/h4-9,13-18H2,1-3H3. The van der Waals surface area contributed by atoms with Crippen LogP contribution in [-0.4, -0.2) is 52.1 Å². The zero-order valence-electron chi connectivity index (χ0n) is 13.5. The second-order valence-corrected chi connectivity index (χ2v) is 6.08. The summed E-state index contributed by atoms with van der Waals surface area (Å²) >= 11 is 0. The SMILES string of the molecule is CCC(N)(N)N1CN(C(N)(N)CC)CN(C(N)(N)CC)C1. The van der Waals surface area contributed by atoms with Gasteiger partial charge in [0.2, 0.25) is 0 Å². The predicted molar refractivity (Wildman–Crippen MR) is 84.3 cm³/mol. The van der Waals surface area contributed by atoms with Crippen molar-refractivity contribution in [1.29, 1.82) is 0 Å². The van der Waals surface area contributed by atoms with E-state index in [1.54, 1.807) is 0 Å². The van der Waals surface area contributed by atoms with E-state index in [-0.39, 0.29) is 0 Å². The lowest BCUT2D eigenvalue weighted by Crippen LogP contribution is -2.79. The molecule has 12 N–H and O–H groups in total. The van der Waals surface area contributed by atoms with Crippen molar-refractivity contribution < 1.29 is 0 Å². The third-order valence-electron chi connectivity index (χ3n) is 4.49. The predicted octanol–water partition coefficient (Wildman–Crippen LogP) is -2.28. The molecule has 1 aliphatic heterocycles. The van der Waals surface area contributed by atoms with E-state index in [2.05, 4.69) is 0 Å². The summed E-state index contributed by atoms with van der Waals surface area (Å²) in [6.45, 7) is 7.20. The first-order valence-electron chi connectivity index (χ1n) is 7.48. The van der Waals surface area contributed by atoms with Crippen molar-refractivity contribution in [2.24, 2.45) is 34.4 Å². The van der Waals surface area contributed by atoms with E-state index in [9.17, 15) is 0 Å². The molecule has 0 aliphatic carbocycles. The molecule has 21 heavy (non-hydrogen) atoms. The van der Waals surface area contributed by atoms with Crippen LogP contribution in [0.1, 0.15) is 40.0 Å². The van der Waals surface area contributed by atoms with E-state index in [0.717, 1.165) is 0 Å². The largest absolute Gasteiger partial charge is 0.301 e. The van der Waals surface area contributed by atoms with Crippen LogP contribution < -0.4 is 34.4 Å². The smallest absolute Gasteiger partial charge is 0.122 e. The van der Waals surface area contributed by atoms with E-state index in [1.807, 2.05) is 35.5 Å². The van der Waals surface area contributed by atoms with E-state index >= 15 is 0 Å². The summed E-state index contributed by atoms with van der Waals surface area (Å²) in [6.07, 6.45) is 1.74. The highest BCUT2D eigenvalue weighted by Crippen LogP contribution is 2.22. The van der Waals surface area contributed by atoms with Crippen LogP contribution in [0.5, 0.6) is 0 Å². The van der Waals surface area contributed by atoms with Gasteiger partial charge in [0.25, 0.3) is 0 Å². The topological polar surface area (TPSA) is 166 Å². The zero-order chi connectivity index (χ0) is 16.5. The number of hydrogen-bond donors (Lipinski definition) is 6. The van der Waals surface area contributed by atoms with Gasteiger partial charge in [-0.15, -0.1) is 0 Å². The van der Waals surface area contributed by atoms with Gasteiger partial charge in [-0.3, -0.25) is 0 Å². The number of nitrogens with two attached hydrogens (primary N) is 6. The maximum atomic E-state index is 6.17. The van der Waals surface area contributed by atoms with Crippen molar-refractivity contribution in [3.63, 3.8) is 0 Å². The zero-order valence-corrected chi connectivity index (χ0v) is 13.5. The Bertz CT molecular complexity index is 283. The van der Waals surface area contributed by atoms with Crippen molar-refractivity contribution in [3.05, 3.63) is 0 Å². The first-order valence-corrected chi connectivity index (χ1v) is 7.48. The lowest BCUT2D eigenvalue weighted by Gasteiger charge is -2.54. The fourth-order valence-electron chi connectivity index (χ4n) is 2.21. The average Bonchev–Trinajstić information content (AvgIpc) is 2.46. The van der Waals surface area contributed by atoms with Crippen LogP contribution in [0.15, 0.2) is 0 Å². The monoisotopic (exact) mass is 303 g/mol. The molecular formula is C12H33N9. The van der Waals surface area contributed by atoms with Crippen molar-refractivity contribution >= 4 is 0 Å². The quantitative estimate of drug-likeness (QED) is 0.296. The number of rotatable bonds is 6. The third-order valence-corrected chi connectivity index (χ3v) is 4.49. The maximum Gasteiger partial charge on any atom is 0.122 e. The van der Waals surface area contributed by atoms with Gasteiger partial charge in [-0.25, -0.2) is 14.7 Å². The first kappa shape index (κ1) is 18.7. The highest BCUT2D eigenvalue weighted by atomic mass is 15.6. The average molecular weight is 303 g/mol. The minimum Gasteiger partial charge on any atom is -0.301 e. The molecule has 0 bridgehead atoms. The summed E-state index contributed by atoms with van der Waals surface area (Å²) in [5.41, 5.74) is 37.0. The molecule has 0 saturated carbocycles. The summed E-state index contributed by atoms with van der Waals surface area (Å²) in [5, 5.41) is 0. The Labute approximate surface area is 127 Å². The van der Waals surface area contributed by atoms with Gasteiger partial charge in [0.1, 0.15) is 17.4 Å². The minimum atomic E-state index is -0.968. The van der Waals surface area contributed by atoms with Crippen LogP contribution in [0.2, 0.25) is 0 Å². The van der Waals surface area contributed by atoms with Crippen molar-refractivity contribution in [2.75, 3.05) is 20.0 Å². The van der Waals surface area contributed by atoms with Gasteiger partial charge in [0, 0.05) is 0 Å². The molecule has 0 aromatic rings. The Morgan fingerprint density at radius 3 is 0.905 bits per heavy atom. The molecule has 1 fully saturated rings. The molecule has 0 unspecified atom stereocenters. The Morgan fingerprint density at radius 1 is 0.571 bits per heavy atom. The molecule has 0 amide bonds. The summed E-state index contributed by atoms with van der Waals surface area (Å²) in [7, 11) is 0. The molecule has 1 rings (SSSR count). The van der Waals surface area contributed by atoms with Gasteiger partial charge < -0.3 is 34.4 Å². The fraction of sp³-hybridized carbons (Fsp3) is 1.00.